The number of halogens is 1. The molecule has 0 saturated carbocycles. The number of nitrogens with one attached hydrogen (secondary N) is 1. The monoisotopic (exact) mass is 309 g/mol. The van der Waals surface area contributed by atoms with Gasteiger partial charge in [-0.05, 0) is 24.6 Å². The van der Waals surface area contributed by atoms with E-state index in [0.29, 0.717) is 6.54 Å². The molecule has 1 aromatic heterocycles. The lowest BCUT2D eigenvalue weighted by Gasteiger charge is -2.17. The van der Waals surface area contributed by atoms with Gasteiger partial charge in [-0.3, -0.25) is 4.79 Å². The average molecular weight is 310 g/mol. The summed E-state index contributed by atoms with van der Waals surface area (Å²) in [5.74, 6) is -0.202. The van der Waals surface area contributed by atoms with Gasteiger partial charge in [-0.25, -0.2) is 9.67 Å². The van der Waals surface area contributed by atoms with Crippen LogP contribution in [-0.4, -0.2) is 27.2 Å². The second kappa shape index (κ2) is 7.75. The molecule has 0 spiro atoms. The number of aromatic nitrogens is 3. The number of nitrogens with zero attached hydrogens (tertiary/aromatic N) is 3. The summed E-state index contributed by atoms with van der Waals surface area (Å²) in [5.41, 5.74) is 7.45. The molecule has 7 heteroatoms. The van der Waals surface area contributed by atoms with Crippen LogP contribution in [0.1, 0.15) is 25.5 Å². The van der Waals surface area contributed by atoms with E-state index in [9.17, 15) is 4.79 Å². The zero-order valence-electron chi connectivity index (χ0n) is 12.1. The average Bonchev–Trinajstić information content (AvgIpc) is 3.00. The molecule has 0 fully saturated rings. The summed E-state index contributed by atoms with van der Waals surface area (Å²) in [7, 11) is 0. The van der Waals surface area contributed by atoms with Crippen molar-refractivity contribution in [3.63, 3.8) is 0 Å². The summed E-state index contributed by atoms with van der Waals surface area (Å²) in [5, 5.41) is 7.01. The summed E-state index contributed by atoms with van der Waals surface area (Å²) in [6.07, 6.45) is 3.13. The molecule has 0 aliphatic rings. The normalized spacial score (nSPS) is 13.1. The van der Waals surface area contributed by atoms with Crippen LogP contribution < -0.4 is 11.1 Å². The highest BCUT2D eigenvalue weighted by molar-refractivity contribution is 5.85. The third-order valence-electron chi connectivity index (χ3n) is 3.24. The molecule has 2 atom stereocenters. The molecule has 114 valence electrons. The van der Waals surface area contributed by atoms with Gasteiger partial charge in [0.05, 0.1) is 11.7 Å². The lowest BCUT2D eigenvalue weighted by molar-refractivity contribution is -0.124. The summed E-state index contributed by atoms with van der Waals surface area (Å²) >= 11 is 0. The van der Waals surface area contributed by atoms with Gasteiger partial charge in [0, 0.05) is 12.5 Å². The third-order valence-corrected chi connectivity index (χ3v) is 3.24. The quantitative estimate of drug-likeness (QED) is 0.875. The number of rotatable bonds is 5. The molecule has 3 N–H and O–H groups in total. The van der Waals surface area contributed by atoms with Crippen molar-refractivity contribution in [1.82, 2.24) is 20.1 Å². The highest BCUT2D eigenvalue weighted by atomic mass is 35.5. The number of carbonyl (C=O) groups is 1. The van der Waals surface area contributed by atoms with Crippen molar-refractivity contribution < 1.29 is 4.79 Å². The van der Waals surface area contributed by atoms with Crippen LogP contribution in [0.25, 0.3) is 5.69 Å². The fraction of sp³-hybridized carbons (Fsp3) is 0.357. The number of amides is 1. The Bertz CT molecular complexity index is 555. The first-order valence-electron chi connectivity index (χ1n) is 6.57. The van der Waals surface area contributed by atoms with E-state index < -0.39 is 0 Å². The van der Waals surface area contributed by atoms with E-state index in [1.54, 1.807) is 11.0 Å². The van der Waals surface area contributed by atoms with Crippen LogP contribution in [0.2, 0.25) is 0 Å². The summed E-state index contributed by atoms with van der Waals surface area (Å²) in [6, 6.07) is 7.77. The van der Waals surface area contributed by atoms with Gasteiger partial charge in [-0.15, -0.1) is 12.4 Å². The van der Waals surface area contributed by atoms with Crippen LogP contribution in [-0.2, 0) is 4.79 Å². The van der Waals surface area contributed by atoms with Gasteiger partial charge in [0.1, 0.15) is 12.7 Å². The maximum absolute atomic E-state index is 11.8. The van der Waals surface area contributed by atoms with Crippen LogP contribution >= 0.6 is 12.4 Å². The summed E-state index contributed by atoms with van der Waals surface area (Å²) in [6.45, 7) is 4.12. The van der Waals surface area contributed by atoms with Crippen LogP contribution in [0.3, 0.4) is 0 Å². The molecule has 1 aromatic carbocycles. The summed E-state index contributed by atoms with van der Waals surface area (Å²) in [4.78, 5) is 15.7. The number of hydrogen-bond donors (Lipinski definition) is 2. The topological polar surface area (TPSA) is 85.8 Å². The number of hydrogen-bond acceptors (Lipinski definition) is 4. The zero-order chi connectivity index (χ0) is 14.5. The predicted octanol–water partition coefficient (Wildman–Crippen LogP) is 1.46. The van der Waals surface area contributed by atoms with E-state index in [0.717, 1.165) is 11.3 Å². The van der Waals surface area contributed by atoms with Gasteiger partial charge < -0.3 is 11.1 Å². The maximum Gasteiger partial charge on any atom is 0.224 e. The Morgan fingerprint density at radius 2 is 2.00 bits per heavy atom. The zero-order valence-corrected chi connectivity index (χ0v) is 12.9. The van der Waals surface area contributed by atoms with Gasteiger partial charge in [0.15, 0.2) is 0 Å². The van der Waals surface area contributed by atoms with Crippen molar-refractivity contribution in [3.05, 3.63) is 42.5 Å². The third kappa shape index (κ3) is 4.27. The molecule has 0 aliphatic carbocycles. The molecule has 2 rings (SSSR count). The van der Waals surface area contributed by atoms with E-state index in [2.05, 4.69) is 15.4 Å². The first-order valence-corrected chi connectivity index (χ1v) is 6.57. The highest BCUT2D eigenvalue weighted by Crippen LogP contribution is 2.15. The Hall–Kier alpha value is -1.92. The maximum atomic E-state index is 11.8. The molecule has 2 aromatic rings. The molecule has 1 amide bonds. The second-order valence-electron chi connectivity index (χ2n) is 4.80. The smallest absolute Gasteiger partial charge is 0.224 e. The standard InChI is InChI=1S/C14H19N5O.ClH/c1-10(7-15)14(20)18-11(2)12-3-5-13(6-4-12)19-9-16-8-17-19;/h3-6,8-11H,7,15H2,1-2H3,(H,18,20);1H. The van der Waals surface area contributed by atoms with Crippen molar-refractivity contribution in [2.75, 3.05) is 6.54 Å². The lowest BCUT2D eigenvalue weighted by atomic mass is 10.1. The lowest BCUT2D eigenvalue weighted by Crippen LogP contribution is -2.34. The van der Waals surface area contributed by atoms with E-state index in [1.807, 2.05) is 38.1 Å². The van der Waals surface area contributed by atoms with Crippen LogP contribution in [0, 0.1) is 5.92 Å². The highest BCUT2D eigenvalue weighted by Gasteiger charge is 2.14. The Morgan fingerprint density at radius 1 is 1.33 bits per heavy atom. The van der Waals surface area contributed by atoms with E-state index in [1.165, 1.54) is 6.33 Å². The van der Waals surface area contributed by atoms with Gasteiger partial charge in [0.2, 0.25) is 5.91 Å². The minimum absolute atomic E-state index is 0. The van der Waals surface area contributed by atoms with Crippen LogP contribution in [0.4, 0.5) is 0 Å². The molecular weight excluding hydrogens is 290 g/mol. The first-order chi connectivity index (χ1) is 9.61. The second-order valence-corrected chi connectivity index (χ2v) is 4.80. The summed E-state index contributed by atoms with van der Waals surface area (Å²) < 4.78 is 1.68. The van der Waals surface area contributed by atoms with Crippen molar-refractivity contribution in [3.8, 4) is 5.69 Å². The Labute approximate surface area is 130 Å². The first kappa shape index (κ1) is 17.1. The van der Waals surface area contributed by atoms with Crippen molar-refractivity contribution >= 4 is 18.3 Å². The molecule has 1 heterocycles. The molecule has 0 bridgehead atoms. The Balaban J connectivity index is 0.00000220. The fourth-order valence-electron chi connectivity index (χ4n) is 1.80. The molecule has 21 heavy (non-hydrogen) atoms. The predicted molar refractivity (Wildman–Crippen MR) is 83.4 cm³/mol. The molecule has 6 nitrogen and oxygen atoms in total. The van der Waals surface area contributed by atoms with Crippen molar-refractivity contribution in [2.24, 2.45) is 11.7 Å². The van der Waals surface area contributed by atoms with Crippen molar-refractivity contribution in [1.29, 1.82) is 0 Å². The molecule has 0 aliphatic heterocycles. The van der Waals surface area contributed by atoms with E-state index in [4.69, 9.17) is 5.73 Å². The molecule has 0 radical (unpaired) electrons. The van der Waals surface area contributed by atoms with E-state index in [-0.39, 0.29) is 30.3 Å². The minimum atomic E-state index is -0.174. The Kier molecular flexibility index (Phi) is 6.33. The fourth-order valence-corrected chi connectivity index (χ4v) is 1.80. The number of nitrogens with two attached hydrogens (primary N) is 1. The number of benzene rings is 1. The van der Waals surface area contributed by atoms with Gasteiger partial charge >= 0.3 is 0 Å². The van der Waals surface area contributed by atoms with Crippen LogP contribution in [0.15, 0.2) is 36.9 Å². The van der Waals surface area contributed by atoms with E-state index >= 15 is 0 Å². The molecule has 2 unspecified atom stereocenters. The SMILES string of the molecule is CC(CN)C(=O)NC(C)c1ccc(-n2cncn2)cc1.Cl. The van der Waals surface area contributed by atoms with Gasteiger partial charge in [0.25, 0.3) is 0 Å². The number of carbonyl (C=O) groups excluding carboxylic acids is 1. The Morgan fingerprint density at radius 3 is 2.52 bits per heavy atom. The molecular formula is C14H20ClN5O. The van der Waals surface area contributed by atoms with Gasteiger partial charge in [-0.1, -0.05) is 19.1 Å². The largest absolute Gasteiger partial charge is 0.349 e. The van der Waals surface area contributed by atoms with Gasteiger partial charge in [-0.2, -0.15) is 5.10 Å². The van der Waals surface area contributed by atoms with Crippen molar-refractivity contribution in [2.45, 2.75) is 19.9 Å². The minimum Gasteiger partial charge on any atom is -0.349 e. The molecule has 0 saturated heterocycles. The van der Waals surface area contributed by atoms with Crippen LogP contribution in [0.5, 0.6) is 0 Å².